The van der Waals surface area contributed by atoms with Gasteiger partial charge in [0.2, 0.25) is 0 Å². The fourth-order valence-corrected chi connectivity index (χ4v) is 1.33. The molecule has 0 amide bonds. The minimum absolute atomic E-state index is 0.413. The number of aliphatic carboxylic acids is 1. The van der Waals surface area contributed by atoms with Gasteiger partial charge in [0.15, 0.2) is 0 Å². The highest BCUT2D eigenvalue weighted by atomic mass is 35.5. The Bertz CT molecular complexity index is 152. The summed E-state index contributed by atoms with van der Waals surface area (Å²) in [6, 6.07) is -0.774. The molecule has 0 bridgehead atoms. The zero-order valence-corrected chi connectivity index (χ0v) is 7.44. The highest BCUT2D eigenvalue weighted by Crippen LogP contribution is 2.02. The van der Waals surface area contributed by atoms with Crippen molar-refractivity contribution < 1.29 is 9.90 Å². The predicted molar refractivity (Wildman–Crippen MR) is 47.9 cm³/mol. The third kappa shape index (κ3) is 6.22. The minimum Gasteiger partial charge on any atom is -0.480 e. The number of hydrogen-bond donors (Lipinski definition) is 2. The lowest BCUT2D eigenvalue weighted by Crippen LogP contribution is -2.32. The van der Waals surface area contributed by atoms with E-state index in [-0.39, 0.29) is 0 Å². The minimum atomic E-state index is -0.965. The quantitative estimate of drug-likeness (QED) is 0.640. The average molecular weight is 196 g/mol. The van der Waals surface area contributed by atoms with Crippen LogP contribution in [-0.2, 0) is 4.79 Å². The molecule has 0 aliphatic heterocycles. The molecule has 0 aromatic carbocycles. The van der Waals surface area contributed by atoms with Crippen LogP contribution in [0.3, 0.4) is 0 Å². The monoisotopic (exact) mass is 195 g/mol. The van der Waals surface area contributed by atoms with Crippen LogP contribution in [0.5, 0.6) is 0 Å². The Hall–Kier alpha value is -0.190. The van der Waals surface area contributed by atoms with Gasteiger partial charge >= 0.3 is 5.97 Å². The van der Waals surface area contributed by atoms with Crippen LogP contribution in [0, 0.1) is 0 Å². The van der Waals surface area contributed by atoms with E-state index in [1.807, 2.05) is 0 Å². The van der Waals surface area contributed by atoms with Gasteiger partial charge < -0.3 is 10.8 Å². The van der Waals surface area contributed by atoms with E-state index in [9.17, 15) is 4.79 Å². The van der Waals surface area contributed by atoms with Crippen LogP contribution in [0.2, 0.25) is 0 Å². The van der Waals surface area contributed by atoms with Crippen molar-refractivity contribution in [2.75, 3.05) is 11.5 Å². The Morgan fingerprint density at radius 3 is 2.91 bits per heavy atom. The van der Waals surface area contributed by atoms with Gasteiger partial charge in [0.1, 0.15) is 6.04 Å². The summed E-state index contributed by atoms with van der Waals surface area (Å²) in [4.78, 5) is 10.2. The van der Waals surface area contributed by atoms with Crippen molar-refractivity contribution in [2.24, 2.45) is 5.73 Å². The van der Waals surface area contributed by atoms with E-state index in [0.29, 0.717) is 11.5 Å². The smallest absolute Gasteiger partial charge is 0.321 e. The van der Waals surface area contributed by atoms with E-state index < -0.39 is 12.0 Å². The summed E-state index contributed by atoms with van der Waals surface area (Å²) in [5, 5.41) is 8.36. The van der Waals surface area contributed by atoms with Crippen molar-refractivity contribution in [1.82, 2.24) is 0 Å². The van der Waals surface area contributed by atoms with Crippen LogP contribution in [-0.4, -0.2) is 28.6 Å². The second-order valence-electron chi connectivity index (χ2n) is 1.84. The van der Waals surface area contributed by atoms with Gasteiger partial charge in [0, 0.05) is 17.0 Å². The molecule has 0 aliphatic rings. The first-order valence-corrected chi connectivity index (χ1v) is 4.59. The van der Waals surface area contributed by atoms with E-state index in [1.54, 1.807) is 6.08 Å². The van der Waals surface area contributed by atoms with E-state index in [4.69, 9.17) is 22.4 Å². The molecule has 0 saturated heterocycles. The molecule has 0 radical (unpaired) electrons. The van der Waals surface area contributed by atoms with Crippen molar-refractivity contribution in [3.63, 3.8) is 0 Å². The number of nitrogens with two attached hydrogens (primary N) is 1. The Morgan fingerprint density at radius 2 is 2.45 bits per heavy atom. The summed E-state index contributed by atoms with van der Waals surface area (Å²) in [5.41, 5.74) is 6.62. The van der Waals surface area contributed by atoms with Gasteiger partial charge in [0.25, 0.3) is 0 Å². The molecule has 0 saturated carbocycles. The molecule has 0 aliphatic carbocycles. The van der Waals surface area contributed by atoms with Gasteiger partial charge in [-0.05, 0) is 0 Å². The van der Waals surface area contributed by atoms with Gasteiger partial charge in [-0.1, -0.05) is 17.7 Å². The maximum atomic E-state index is 10.2. The van der Waals surface area contributed by atoms with Gasteiger partial charge in [-0.15, -0.1) is 0 Å². The fourth-order valence-electron chi connectivity index (χ4n) is 0.371. The fraction of sp³-hybridized carbons (Fsp3) is 0.500. The maximum absolute atomic E-state index is 10.2. The van der Waals surface area contributed by atoms with Gasteiger partial charge in [-0.25, -0.2) is 0 Å². The van der Waals surface area contributed by atoms with Crippen LogP contribution in [0.15, 0.2) is 11.6 Å². The molecular formula is C6H10ClNO2S. The van der Waals surface area contributed by atoms with Gasteiger partial charge in [0.05, 0.1) is 0 Å². The van der Waals surface area contributed by atoms with Crippen molar-refractivity contribution >= 4 is 29.3 Å². The first-order valence-electron chi connectivity index (χ1n) is 3.00. The number of thioether (sulfide) groups is 1. The lowest BCUT2D eigenvalue weighted by molar-refractivity contribution is -0.137. The SMILES string of the molecule is NC(CSCC=CCl)C(=O)O. The van der Waals surface area contributed by atoms with Crippen molar-refractivity contribution in [1.29, 1.82) is 0 Å². The Labute approximate surface area is 74.6 Å². The molecule has 3 nitrogen and oxygen atoms in total. The first kappa shape index (κ1) is 10.8. The molecule has 0 aromatic heterocycles. The largest absolute Gasteiger partial charge is 0.480 e. The topological polar surface area (TPSA) is 63.3 Å². The van der Waals surface area contributed by atoms with Crippen LogP contribution in [0.1, 0.15) is 0 Å². The van der Waals surface area contributed by atoms with E-state index in [2.05, 4.69) is 0 Å². The molecule has 0 heterocycles. The third-order valence-electron chi connectivity index (χ3n) is 0.918. The van der Waals surface area contributed by atoms with Crippen LogP contribution in [0.4, 0.5) is 0 Å². The maximum Gasteiger partial charge on any atom is 0.321 e. The summed E-state index contributed by atoms with van der Waals surface area (Å²) in [6.07, 6.45) is 1.74. The number of carboxylic acid groups (broad SMARTS) is 1. The molecule has 1 unspecified atom stereocenters. The second-order valence-corrected chi connectivity index (χ2v) is 3.17. The molecular weight excluding hydrogens is 186 g/mol. The summed E-state index contributed by atoms with van der Waals surface area (Å²) in [6.45, 7) is 0. The lowest BCUT2D eigenvalue weighted by atomic mass is 10.4. The Kier molecular flexibility index (Phi) is 6.40. The summed E-state index contributed by atoms with van der Waals surface area (Å²) in [5.74, 6) is 0.147. The highest BCUT2D eigenvalue weighted by Gasteiger charge is 2.09. The number of hydrogen-bond acceptors (Lipinski definition) is 3. The molecule has 3 N–H and O–H groups in total. The first-order chi connectivity index (χ1) is 5.18. The number of carboxylic acids is 1. The lowest BCUT2D eigenvalue weighted by Gasteiger charge is -2.02. The summed E-state index contributed by atoms with van der Waals surface area (Å²) < 4.78 is 0. The Balaban J connectivity index is 3.31. The van der Waals surface area contributed by atoms with Gasteiger partial charge in [-0.3, -0.25) is 4.79 Å². The Morgan fingerprint density at radius 1 is 1.82 bits per heavy atom. The van der Waals surface area contributed by atoms with Crippen molar-refractivity contribution in [2.45, 2.75) is 6.04 Å². The summed E-state index contributed by atoms with van der Waals surface area (Å²) >= 11 is 6.68. The zero-order valence-electron chi connectivity index (χ0n) is 5.87. The molecule has 0 spiro atoms. The molecule has 5 heteroatoms. The second kappa shape index (κ2) is 6.52. The predicted octanol–water partition coefficient (Wildman–Crippen LogP) is 0.884. The van der Waals surface area contributed by atoms with Crippen molar-refractivity contribution in [3.8, 4) is 0 Å². The zero-order chi connectivity index (χ0) is 8.69. The molecule has 1 atom stereocenters. The van der Waals surface area contributed by atoms with Gasteiger partial charge in [-0.2, -0.15) is 11.8 Å². The normalized spacial score (nSPS) is 13.6. The number of halogens is 1. The van der Waals surface area contributed by atoms with Crippen LogP contribution < -0.4 is 5.73 Å². The standard InChI is InChI=1S/C6H10ClNO2S/c7-2-1-3-11-4-5(8)6(9)10/h1-2,5H,3-4,8H2,(H,9,10). The van der Waals surface area contributed by atoms with Crippen LogP contribution in [0.25, 0.3) is 0 Å². The molecule has 11 heavy (non-hydrogen) atoms. The molecule has 0 fully saturated rings. The highest BCUT2D eigenvalue weighted by molar-refractivity contribution is 7.99. The van der Waals surface area contributed by atoms with E-state index in [1.165, 1.54) is 17.3 Å². The summed E-state index contributed by atoms with van der Waals surface area (Å²) in [7, 11) is 0. The molecule has 0 rings (SSSR count). The average Bonchev–Trinajstić information content (AvgIpc) is 1.97. The van der Waals surface area contributed by atoms with Crippen LogP contribution >= 0.6 is 23.4 Å². The van der Waals surface area contributed by atoms with Crippen molar-refractivity contribution in [3.05, 3.63) is 11.6 Å². The number of carbonyl (C=O) groups is 1. The van der Waals surface area contributed by atoms with E-state index in [0.717, 1.165) is 0 Å². The third-order valence-corrected chi connectivity index (χ3v) is 2.12. The molecule has 64 valence electrons. The molecule has 0 aromatic rings. The van der Waals surface area contributed by atoms with E-state index >= 15 is 0 Å². The number of rotatable bonds is 5.